The molecule has 3 aromatic rings. The highest BCUT2D eigenvalue weighted by Crippen LogP contribution is 2.28. The number of hydrogen-bond donors (Lipinski definition) is 2. The van der Waals surface area contributed by atoms with Crippen LogP contribution < -0.4 is 10.0 Å². The molecule has 0 saturated heterocycles. The van der Waals surface area contributed by atoms with Crippen LogP contribution in [0.4, 0.5) is 11.4 Å². The first-order valence-electron chi connectivity index (χ1n) is 8.82. The van der Waals surface area contributed by atoms with Gasteiger partial charge < -0.3 is 9.84 Å². The Bertz CT molecular complexity index is 1140. The van der Waals surface area contributed by atoms with Crippen molar-refractivity contribution < 1.29 is 17.7 Å². The van der Waals surface area contributed by atoms with Crippen molar-refractivity contribution in [3.05, 3.63) is 70.6 Å². The van der Waals surface area contributed by atoms with E-state index in [1.54, 1.807) is 37.3 Å². The lowest BCUT2D eigenvalue weighted by Gasteiger charge is -2.13. The Balaban J connectivity index is 1.82. The molecule has 0 aliphatic rings. The predicted molar refractivity (Wildman–Crippen MR) is 112 cm³/mol. The summed E-state index contributed by atoms with van der Waals surface area (Å²) in [6, 6.07) is 11.2. The van der Waals surface area contributed by atoms with Crippen molar-refractivity contribution in [2.24, 2.45) is 0 Å². The number of amides is 1. The molecule has 0 aliphatic carbocycles. The van der Waals surface area contributed by atoms with E-state index in [-0.39, 0.29) is 21.2 Å². The summed E-state index contributed by atoms with van der Waals surface area (Å²) in [7, 11) is -3.85. The minimum atomic E-state index is -3.85. The molecule has 152 valence electrons. The zero-order valence-electron chi connectivity index (χ0n) is 16.1. The summed E-state index contributed by atoms with van der Waals surface area (Å²) in [6.07, 6.45) is 1.31. The summed E-state index contributed by atoms with van der Waals surface area (Å²) >= 11 is 6.15. The molecular weight excluding hydrogens is 414 g/mol. The van der Waals surface area contributed by atoms with Crippen LogP contribution in [0.15, 0.2) is 58.1 Å². The standard InChI is InChI=1S/C20H20ClN3O4S/c1-12(2)14-4-7-16(8-5-14)29(26,27)24-19-10-15(6-9-18(19)21)23-20(25)17-11-22-28-13(17)3/h4-12,24H,1-3H3,(H,23,25). The van der Waals surface area contributed by atoms with Crippen molar-refractivity contribution in [1.82, 2.24) is 5.16 Å². The van der Waals surface area contributed by atoms with E-state index in [0.717, 1.165) is 5.56 Å². The Hall–Kier alpha value is -2.84. The quantitative estimate of drug-likeness (QED) is 0.580. The van der Waals surface area contributed by atoms with Gasteiger partial charge in [0.15, 0.2) is 0 Å². The highest BCUT2D eigenvalue weighted by Gasteiger charge is 2.18. The smallest absolute Gasteiger partial charge is 0.261 e. The van der Waals surface area contributed by atoms with Crippen molar-refractivity contribution in [3.63, 3.8) is 0 Å². The lowest BCUT2D eigenvalue weighted by atomic mass is 10.0. The SMILES string of the molecule is Cc1oncc1C(=O)Nc1ccc(Cl)c(NS(=O)(=O)c2ccc(C(C)C)cc2)c1. The lowest BCUT2D eigenvalue weighted by molar-refractivity contribution is 0.102. The number of aryl methyl sites for hydroxylation is 1. The van der Waals surface area contributed by atoms with E-state index in [1.165, 1.54) is 18.3 Å². The molecule has 2 aromatic carbocycles. The number of carbonyl (C=O) groups excluding carboxylic acids is 1. The molecular formula is C20H20ClN3O4S. The first kappa shape index (κ1) is 20.9. The molecule has 0 fully saturated rings. The monoisotopic (exact) mass is 433 g/mol. The fraction of sp³-hybridized carbons (Fsp3) is 0.200. The molecule has 0 saturated carbocycles. The molecule has 9 heteroatoms. The number of carbonyl (C=O) groups is 1. The summed E-state index contributed by atoms with van der Waals surface area (Å²) in [6.45, 7) is 5.68. The summed E-state index contributed by atoms with van der Waals surface area (Å²) in [5.74, 6) is 0.245. The topological polar surface area (TPSA) is 101 Å². The highest BCUT2D eigenvalue weighted by molar-refractivity contribution is 7.92. The number of anilines is 2. The molecule has 0 radical (unpaired) electrons. The molecule has 3 rings (SSSR count). The van der Waals surface area contributed by atoms with Crippen molar-refractivity contribution >= 4 is 38.9 Å². The van der Waals surface area contributed by atoms with Crippen molar-refractivity contribution in [2.75, 3.05) is 10.0 Å². The van der Waals surface area contributed by atoms with Crippen LogP contribution in [0.25, 0.3) is 0 Å². The summed E-state index contributed by atoms with van der Waals surface area (Å²) in [5.41, 5.74) is 1.84. The van der Waals surface area contributed by atoms with E-state index < -0.39 is 15.9 Å². The number of aromatic nitrogens is 1. The first-order valence-corrected chi connectivity index (χ1v) is 10.7. The second-order valence-corrected chi connectivity index (χ2v) is 8.86. The van der Waals surface area contributed by atoms with E-state index in [2.05, 4.69) is 15.2 Å². The summed E-state index contributed by atoms with van der Waals surface area (Å²) in [4.78, 5) is 12.4. The number of halogens is 1. The fourth-order valence-corrected chi connectivity index (χ4v) is 3.92. The van der Waals surface area contributed by atoms with Crippen LogP contribution in [-0.4, -0.2) is 19.5 Å². The van der Waals surface area contributed by atoms with Gasteiger partial charge in [-0.3, -0.25) is 9.52 Å². The average Bonchev–Trinajstić information content (AvgIpc) is 3.10. The van der Waals surface area contributed by atoms with Gasteiger partial charge in [-0.15, -0.1) is 0 Å². The second kappa shape index (κ2) is 8.26. The number of nitrogens with zero attached hydrogens (tertiary/aromatic N) is 1. The molecule has 1 aromatic heterocycles. The minimum Gasteiger partial charge on any atom is -0.361 e. The van der Waals surface area contributed by atoms with Gasteiger partial charge in [0.05, 0.1) is 21.8 Å². The molecule has 1 heterocycles. The maximum atomic E-state index is 12.7. The van der Waals surface area contributed by atoms with Crippen LogP contribution in [0.5, 0.6) is 0 Å². The Labute approximate surface area is 174 Å². The third-order valence-electron chi connectivity index (χ3n) is 4.32. The molecule has 0 unspecified atom stereocenters. The van der Waals surface area contributed by atoms with E-state index in [9.17, 15) is 13.2 Å². The number of benzene rings is 2. The number of rotatable bonds is 6. The van der Waals surface area contributed by atoms with Crippen molar-refractivity contribution in [1.29, 1.82) is 0 Å². The number of sulfonamides is 1. The Morgan fingerprint density at radius 2 is 1.83 bits per heavy atom. The van der Waals surface area contributed by atoms with Gasteiger partial charge in [-0.05, 0) is 48.7 Å². The maximum absolute atomic E-state index is 12.7. The largest absolute Gasteiger partial charge is 0.361 e. The maximum Gasteiger partial charge on any atom is 0.261 e. The van der Waals surface area contributed by atoms with E-state index in [0.29, 0.717) is 17.4 Å². The van der Waals surface area contributed by atoms with Crippen LogP contribution in [0.3, 0.4) is 0 Å². The van der Waals surface area contributed by atoms with Gasteiger partial charge in [0.1, 0.15) is 11.3 Å². The molecule has 7 nitrogen and oxygen atoms in total. The Morgan fingerprint density at radius 1 is 1.14 bits per heavy atom. The van der Waals surface area contributed by atoms with Crippen molar-refractivity contribution in [2.45, 2.75) is 31.6 Å². The van der Waals surface area contributed by atoms with Gasteiger partial charge in [-0.1, -0.05) is 42.7 Å². The second-order valence-electron chi connectivity index (χ2n) is 6.77. The van der Waals surface area contributed by atoms with Crippen LogP contribution in [0.1, 0.15) is 41.4 Å². The van der Waals surface area contributed by atoms with Gasteiger partial charge in [0.25, 0.3) is 15.9 Å². The average molecular weight is 434 g/mol. The fourth-order valence-electron chi connectivity index (χ4n) is 2.63. The highest BCUT2D eigenvalue weighted by atomic mass is 35.5. The summed E-state index contributed by atoms with van der Waals surface area (Å²) in [5, 5.41) is 6.43. The van der Waals surface area contributed by atoms with E-state index in [4.69, 9.17) is 16.1 Å². The lowest BCUT2D eigenvalue weighted by Crippen LogP contribution is -2.15. The molecule has 0 aliphatic heterocycles. The van der Waals surface area contributed by atoms with Crippen LogP contribution in [0, 0.1) is 6.92 Å². The van der Waals surface area contributed by atoms with Crippen LogP contribution >= 0.6 is 11.6 Å². The van der Waals surface area contributed by atoms with Gasteiger partial charge >= 0.3 is 0 Å². The van der Waals surface area contributed by atoms with E-state index in [1.807, 2.05) is 13.8 Å². The zero-order valence-corrected chi connectivity index (χ0v) is 17.6. The summed E-state index contributed by atoms with van der Waals surface area (Å²) < 4.78 is 32.8. The van der Waals surface area contributed by atoms with Crippen molar-refractivity contribution in [3.8, 4) is 0 Å². The molecule has 29 heavy (non-hydrogen) atoms. The minimum absolute atomic E-state index is 0.118. The Kier molecular flexibility index (Phi) is 5.95. The normalized spacial score (nSPS) is 11.5. The first-order chi connectivity index (χ1) is 13.7. The molecule has 1 amide bonds. The predicted octanol–water partition coefficient (Wildman–Crippen LogP) is 4.81. The third-order valence-corrected chi connectivity index (χ3v) is 6.03. The molecule has 2 N–H and O–H groups in total. The van der Waals surface area contributed by atoms with Crippen LogP contribution in [-0.2, 0) is 10.0 Å². The van der Waals surface area contributed by atoms with Gasteiger partial charge in [0, 0.05) is 5.69 Å². The third kappa shape index (κ3) is 4.78. The zero-order chi connectivity index (χ0) is 21.2. The number of nitrogens with one attached hydrogen (secondary N) is 2. The molecule has 0 atom stereocenters. The van der Waals surface area contributed by atoms with E-state index >= 15 is 0 Å². The Morgan fingerprint density at radius 3 is 2.41 bits per heavy atom. The van der Waals surface area contributed by atoms with Gasteiger partial charge in [-0.2, -0.15) is 0 Å². The molecule has 0 spiro atoms. The van der Waals surface area contributed by atoms with Gasteiger partial charge in [-0.25, -0.2) is 8.42 Å². The van der Waals surface area contributed by atoms with Gasteiger partial charge in [0.2, 0.25) is 0 Å². The molecule has 0 bridgehead atoms. The van der Waals surface area contributed by atoms with Crippen LogP contribution in [0.2, 0.25) is 5.02 Å². The number of hydrogen-bond acceptors (Lipinski definition) is 5.